The Morgan fingerprint density at radius 2 is 2.00 bits per heavy atom. The highest BCUT2D eigenvalue weighted by Crippen LogP contribution is 2.23. The molecule has 1 N–H and O–H groups in total. The van der Waals surface area contributed by atoms with Gasteiger partial charge in [0, 0.05) is 32.6 Å². The van der Waals surface area contributed by atoms with Gasteiger partial charge in [-0.2, -0.15) is 0 Å². The van der Waals surface area contributed by atoms with Crippen molar-refractivity contribution < 1.29 is 19.4 Å². The molecule has 0 unspecified atom stereocenters. The van der Waals surface area contributed by atoms with Crippen molar-refractivity contribution >= 4 is 25.2 Å². The third kappa shape index (κ3) is 4.93. The van der Waals surface area contributed by atoms with Crippen molar-refractivity contribution in [3.8, 4) is 11.8 Å². The van der Waals surface area contributed by atoms with Gasteiger partial charge in [0.05, 0.1) is 6.20 Å². The van der Waals surface area contributed by atoms with Gasteiger partial charge in [0.1, 0.15) is 17.8 Å². The molecule has 0 spiro atoms. The number of rotatable bonds is 8. The first-order chi connectivity index (χ1) is 13.2. The van der Waals surface area contributed by atoms with Gasteiger partial charge in [-0.25, -0.2) is 19.7 Å². The second-order valence-corrected chi connectivity index (χ2v) is 13.4. The Balaban J connectivity index is 1.83. The Bertz CT molecular complexity index is 997. The summed E-state index contributed by atoms with van der Waals surface area (Å²) in [6, 6.07) is 6.41. The fourth-order valence-corrected chi connectivity index (χ4v) is 3.32. The molecule has 8 nitrogen and oxygen atoms in total. The summed E-state index contributed by atoms with van der Waals surface area (Å²) in [4.78, 5) is 24.6. The quantitative estimate of drug-likeness (QED) is 0.451. The predicted octanol–water partition coefficient (Wildman–Crippen LogP) is 3.94. The number of hydrogen-bond acceptors (Lipinski definition) is 6. The van der Waals surface area contributed by atoms with Gasteiger partial charge in [0.25, 0.3) is 0 Å². The first-order valence-electron chi connectivity index (χ1n) is 9.01. The van der Waals surface area contributed by atoms with Gasteiger partial charge in [0.2, 0.25) is 11.8 Å². The Labute approximate surface area is 164 Å². The molecule has 0 amide bonds. The number of ether oxygens (including phenoxy) is 2. The van der Waals surface area contributed by atoms with Crippen LogP contribution in [-0.2, 0) is 11.5 Å². The minimum Gasteiger partial charge on any atom is -0.478 e. The van der Waals surface area contributed by atoms with Crippen molar-refractivity contribution in [2.24, 2.45) is 0 Å². The molecule has 0 saturated heterocycles. The summed E-state index contributed by atoms with van der Waals surface area (Å²) in [6.07, 6.45) is 2.95. The summed E-state index contributed by atoms with van der Waals surface area (Å²) >= 11 is 0. The lowest BCUT2D eigenvalue weighted by molar-refractivity contribution is 0.0696. The van der Waals surface area contributed by atoms with E-state index >= 15 is 0 Å². The summed E-state index contributed by atoms with van der Waals surface area (Å²) in [5.74, 6) is -0.517. The van der Waals surface area contributed by atoms with E-state index in [1.165, 1.54) is 12.4 Å². The van der Waals surface area contributed by atoms with Gasteiger partial charge in [-0.1, -0.05) is 25.7 Å². The van der Waals surface area contributed by atoms with Gasteiger partial charge in [0.15, 0.2) is 5.65 Å². The predicted molar refractivity (Wildman–Crippen MR) is 108 cm³/mol. The maximum absolute atomic E-state index is 11.6. The molecule has 0 aromatic carbocycles. The van der Waals surface area contributed by atoms with Crippen LogP contribution in [0.5, 0.6) is 11.8 Å². The van der Waals surface area contributed by atoms with Gasteiger partial charge >= 0.3 is 5.97 Å². The number of carboxylic acid groups (broad SMARTS) is 1. The van der Waals surface area contributed by atoms with E-state index < -0.39 is 14.0 Å². The first kappa shape index (κ1) is 20.0. The van der Waals surface area contributed by atoms with Crippen LogP contribution in [0.2, 0.25) is 25.7 Å². The maximum atomic E-state index is 11.6. The molecular formula is C19H24N4O4Si. The van der Waals surface area contributed by atoms with Crippen LogP contribution in [0, 0.1) is 6.92 Å². The Kier molecular flexibility index (Phi) is 5.75. The summed E-state index contributed by atoms with van der Waals surface area (Å²) in [7, 11) is -1.19. The smallest absolute Gasteiger partial charge is 0.339 e. The lowest BCUT2D eigenvalue weighted by Crippen LogP contribution is -2.22. The van der Waals surface area contributed by atoms with Gasteiger partial charge in [-0.05, 0) is 19.0 Å². The van der Waals surface area contributed by atoms with Crippen LogP contribution in [0.15, 0.2) is 30.6 Å². The summed E-state index contributed by atoms with van der Waals surface area (Å²) in [5, 5.41) is 9.52. The zero-order valence-corrected chi connectivity index (χ0v) is 17.5. The molecule has 3 heterocycles. The number of aromatic carboxylic acids is 1. The largest absolute Gasteiger partial charge is 0.478 e. The van der Waals surface area contributed by atoms with Crippen LogP contribution in [0.25, 0.3) is 11.2 Å². The molecular weight excluding hydrogens is 376 g/mol. The number of hydrogen-bond donors (Lipinski definition) is 1. The average Bonchev–Trinajstić information content (AvgIpc) is 2.96. The maximum Gasteiger partial charge on any atom is 0.339 e. The van der Waals surface area contributed by atoms with Gasteiger partial charge in [-0.3, -0.25) is 0 Å². The average molecular weight is 401 g/mol. The van der Waals surface area contributed by atoms with Gasteiger partial charge in [-0.15, -0.1) is 0 Å². The number of pyridine rings is 1. The monoisotopic (exact) mass is 400 g/mol. The lowest BCUT2D eigenvalue weighted by atomic mass is 10.3. The van der Waals surface area contributed by atoms with E-state index in [-0.39, 0.29) is 23.7 Å². The van der Waals surface area contributed by atoms with Crippen LogP contribution in [0.3, 0.4) is 0 Å². The third-order valence-electron chi connectivity index (χ3n) is 4.07. The number of carbonyl (C=O) groups is 1. The molecule has 0 bridgehead atoms. The number of nitrogens with zero attached hydrogens (tertiary/aromatic N) is 4. The molecule has 3 rings (SSSR count). The minimum atomic E-state index is -1.19. The fourth-order valence-electron chi connectivity index (χ4n) is 2.56. The molecule has 0 aliphatic rings. The van der Waals surface area contributed by atoms with Crippen molar-refractivity contribution in [3.63, 3.8) is 0 Å². The Morgan fingerprint density at radius 1 is 1.21 bits per heavy atom. The van der Waals surface area contributed by atoms with E-state index in [9.17, 15) is 9.90 Å². The van der Waals surface area contributed by atoms with E-state index in [1.54, 1.807) is 10.6 Å². The highest BCUT2D eigenvalue weighted by Gasteiger charge is 2.19. The van der Waals surface area contributed by atoms with Crippen LogP contribution >= 0.6 is 0 Å². The number of fused-ring (bicyclic) bond motifs is 1. The van der Waals surface area contributed by atoms with Crippen LogP contribution < -0.4 is 4.74 Å². The SMILES string of the molecule is Cc1cccc(Oc2cnc3c(n2)c(C(=O)O)cn3COCC[Si](C)(C)C)n1. The molecule has 3 aromatic heterocycles. The zero-order valence-electron chi connectivity index (χ0n) is 16.5. The summed E-state index contributed by atoms with van der Waals surface area (Å²) in [6.45, 7) is 9.54. The molecule has 0 radical (unpaired) electrons. The fraction of sp³-hybridized carbons (Fsp3) is 0.368. The number of aromatic nitrogens is 4. The topological polar surface area (TPSA) is 99.4 Å². The zero-order chi connectivity index (χ0) is 20.3. The van der Waals surface area contributed by atoms with E-state index in [1.807, 2.05) is 19.1 Å². The van der Waals surface area contributed by atoms with Crippen LogP contribution in [0.4, 0.5) is 0 Å². The second-order valence-electron chi connectivity index (χ2n) is 7.77. The molecule has 0 aliphatic heterocycles. The summed E-state index contributed by atoms with van der Waals surface area (Å²) < 4.78 is 13.0. The van der Waals surface area contributed by atoms with Crippen molar-refractivity contribution in [1.29, 1.82) is 0 Å². The van der Waals surface area contributed by atoms with Crippen LogP contribution in [-0.4, -0.2) is 45.3 Å². The summed E-state index contributed by atoms with van der Waals surface area (Å²) in [5.41, 5.74) is 1.56. The molecule has 0 saturated carbocycles. The molecule has 0 atom stereocenters. The standard InChI is InChI=1S/C19H24N4O4Si/c1-13-6-5-7-15(21-13)27-16-10-20-18-17(22-16)14(19(24)25)11-23(18)12-26-8-9-28(2,3)4/h5-7,10-11H,8-9,12H2,1-4H3,(H,24,25). The normalized spacial score (nSPS) is 11.7. The minimum absolute atomic E-state index is 0.0546. The first-order valence-corrected chi connectivity index (χ1v) is 12.7. The second kappa shape index (κ2) is 8.07. The van der Waals surface area contributed by atoms with Crippen molar-refractivity contribution in [2.45, 2.75) is 39.3 Å². The van der Waals surface area contributed by atoms with Crippen molar-refractivity contribution in [3.05, 3.63) is 41.9 Å². The third-order valence-corrected chi connectivity index (χ3v) is 5.78. The van der Waals surface area contributed by atoms with Gasteiger partial charge < -0.3 is 19.1 Å². The van der Waals surface area contributed by atoms with E-state index in [4.69, 9.17) is 9.47 Å². The number of carboxylic acids is 1. The molecule has 0 aliphatic carbocycles. The molecule has 28 heavy (non-hydrogen) atoms. The number of aryl methyl sites for hydroxylation is 1. The Morgan fingerprint density at radius 3 is 2.68 bits per heavy atom. The Hall–Kier alpha value is -2.78. The molecule has 0 fully saturated rings. The van der Waals surface area contributed by atoms with E-state index in [0.717, 1.165) is 11.7 Å². The molecule has 3 aromatic rings. The highest BCUT2D eigenvalue weighted by molar-refractivity contribution is 6.76. The van der Waals surface area contributed by atoms with Crippen LogP contribution in [0.1, 0.15) is 16.1 Å². The van der Waals surface area contributed by atoms with Crippen molar-refractivity contribution in [2.75, 3.05) is 6.61 Å². The lowest BCUT2D eigenvalue weighted by Gasteiger charge is -2.15. The molecule has 9 heteroatoms. The van der Waals surface area contributed by atoms with E-state index in [0.29, 0.717) is 18.1 Å². The van der Waals surface area contributed by atoms with Crippen molar-refractivity contribution in [1.82, 2.24) is 19.5 Å². The molecule has 148 valence electrons. The van der Waals surface area contributed by atoms with E-state index in [2.05, 4.69) is 34.6 Å². The highest BCUT2D eigenvalue weighted by atomic mass is 28.3.